The lowest BCUT2D eigenvalue weighted by atomic mass is 10.2. The van der Waals surface area contributed by atoms with Crippen LogP contribution in [0, 0.1) is 0 Å². The number of phenols is 1. The highest BCUT2D eigenvalue weighted by Crippen LogP contribution is 2.12. The first-order valence-electron chi connectivity index (χ1n) is 4.51. The summed E-state index contributed by atoms with van der Waals surface area (Å²) in [6, 6.07) is 7.12. The molecule has 0 bridgehead atoms. The highest BCUT2D eigenvalue weighted by molar-refractivity contribution is 9.08. The Hall–Kier alpha value is -1.36. The zero-order valence-corrected chi connectivity index (χ0v) is 9.55. The highest BCUT2D eigenvalue weighted by atomic mass is 79.9. The van der Waals surface area contributed by atoms with E-state index in [9.17, 15) is 5.11 Å². The normalized spacial score (nSPS) is 10.5. The molecule has 0 radical (unpaired) electrons. The Morgan fingerprint density at radius 1 is 1.40 bits per heavy atom. The standard InChI is InChI=1S/C10H10BrN3O/c11-5-9-7-14(13-12-9)6-8-2-1-3-10(15)4-8/h1-4,7,15H,5-6H2. The molecule has 1 aromatic heterocycles. The van der Waals surface area contributed by atoms with Crippen LogP contribution in [0.5, 0.6) is 5.75 Å². The maximum Gasteiger partial charge on any atom is 0.115 e. The molecule has 78 valence electrons. The molecule has 0 spiro atoms. The average Bonchev–Trinajstić information content (AvgIpc) is 2.65. The van der Waals surface area contributed by atoms with E-state index in [4.69, 9.17) is 0 Å². The van der Waals surface area contributed by atoms with E-state index in [0.717, 1.165) is 11.3 Å². The van der Waals surface area contributed by atoms with Gasteiger partial charge in [0, 0.05) is 11.5 Å². The van der Waals surface area contributed by atoms with Gasteiger partial charge in [0.15, 0.2) is 0 Å². The van der Waals surface area contributed by atoms with Crippen molar-refractivity contribution in [2.75, 3.05) is 0 Å². The second kappa shape index (κ2) is 4.44. The molecule has 15 heavy (non-hydrogen) atoms. The molecule has 5 heteroatoms. The van der Waals surface area contributed by atoms with Crippen molar-refractivity contribution < 1.29 is 5.11 Å². The van der Waals surface area contributed by atoms with E-state index in [-0.39, 0.29) is 5.75 Å². The zero-order chi connectivity index (χ0) is 10.7. The van der Waals surface area contributed by atoms with Crippen molar-refractivity contribution in [1.82, 2.24) is 15.0 Å². The molecule has 0 saturated heterocycles. The third kappa shape index (κ3) is 2.56. The Balaban J connectivity index is 2.14. The van der Waals surface area contributed by atoms with Crippen molar-refractivity contribution in [1.29, 1.82) is 0 Å². The highest BCUT2D eigenvalue weighted by Gasteiger charge is 2.00. The van der Waals surface area contributed by atoms with Crippen LogP contribution in [0.15, 0.2) is 30.5 Å². The van der Waals surface area contributed by atoms with Gasteiger partial charge in [-0.15, -0.1) is 5.10 Å². The Labute approximate surface area is 95.7 Å². The van der Waals surface area contributed by atoms with Crippen LogP contribution in [0.1, 0.15) is 11.3 Å². The number of aromatic nitrogens is 3. The van der Waals surface area contributed by atoms with Gasteiger partial charge in [0.05, 0.1) is 12.2 Å². The summed E-state index contributed by atoms with van der Waals surface area (Å²) in [5.41, 5.74) is 1.90. The Morgan fingerprint density at radius 3 is 2.93 bits per heavy atom. The molecule has 4 nitrogen and oxygen atoms in total. The third-order valence-electron chi connectivity index (χ3n) is 1.98. The smallest absolute Gasteiger partial charge is 0.115 e. The molecule has 1 N–H and O–H groups in total. The van der Waals surface area contributed by atoms with Crippen molar-refractivity contribution in [3.8, 4) is 5.75 Å². The quantitative estimate of drug-likeness (QED) is 0.865. The first-order chi connectivity index (χ1) is 7.28. The van der Waals surface area contributed by atoms with E-state index in [1.54, 1.807) is 16.8 Å². The molecular formula is C10H10BrN3O. The monoisotopic (exact) mass is 267 g/mol. The van der Waals surface area contributed by atoms with Gasteiger partial charge >= 0.3 is 0 Å². The summed E-state index contributed by atoms with van der Waals surface area (Å²) in [4.78, 5) is 0. The van der Waals surface area contributed by atoms with Crippen LogP contribution in [0.25, 0.3) is 0 Å². The van der Waals surface area contributed by atoms with Crippen LogP contribution in [-0.2, 0) is 11.9 Å². The van der Waals surface area contributed by atoms with E-state index < -0.39 is 0 Å². The zero-order valence-electron chi connectivity index (χ0n) is 7.97. The molecule has 2 rings (SSSR count). The lowest BCUT2D eigenvalue weighted by molar-refractivity contribution is 0.474. The van der Waals surface area contributed by atoms with Crippen molar-refractivity contribution in [3.05, 3.63) is 41.7 Å². The predicted octanol–water partition coefficient (Wildman–Crippen LogP) is 1.93. The number of rotatable bonds is 3. The van der Waals surface area contributed by atoms with Gasteiger partial charge in [-0.1, -0.05) is 33.3 Å². The Bertz CT molecular complexity index is 455. The molecule has 0 fully saturated rings. The second-order valence-electron chi connectivity index (χ2n) is 3.21. The fourth-order valence-electron chi connectivity index (χ4n) is 1.32. The minimum absolute atomic E-state index is 0.272. The number of benzene rings is 1. The summed E-state index contributed by atoms with van der Waals surface area (Å²) in [5.74, 6) is 0.272. The van der Waals surface area contributed by atoms with Gasteiger partial charge < -0.3 is 5.11 Å². The Kier molecular flexibility index (Phi) is 3.01. The second-order valence-corrected chi connectivity index (χ2v) is 3.77. The first-order valence-corrected chi connectivity index (χ1v) is 5.63. The lowest BCUT2D eigenvalue weighted by Gasteiger charge is -2.00. The summed E-state index contributed by atoms with van der Waals surface area (Å²) in [7, 11) is 0. The fraction of sp³-hybridized carbons (Fsp3) is 0.200. The van der Waals surface area contributed by atoms with Crippen LogP contribution < -0.4 is 0 Å². The molecule has 0 aliphatic carbocycles. The summed E-state index contributed by atoms with van der Waals surface area (Å²) in [6.45, 7) is 0.619. The number of alkyl halides is 1. The van der Waals surface area contributed by atoms with E-state index >= 15 is 0 Å². The van der Waals surface area contributed by atoms with Gasteiger partial charge in [-0.05, 0) is 17.7 Å². The number of phenolic OH excluding ortho intramolecular Hbond substituents is 1. The van der Waals surface area contributed by atoms with Crippen molar-refractivity contribution in [3.63, 3.8) is 0 Å². The van der Waals surface area contributed by atoms with Gasteiger partial charge in [0.25, 0.3) is 0 Å². The molecule has 2 aromatic rings. The average molecular weight is 268 g/mol. The number of halogens is 1. The summed E-state index contributed by atoms with van der Waals surface area (Å²) in [5, 5.41) is 17.9. The molecule has 0 aliphatic heterocycles. The fourth-order valence-corrected chi connectivity index (χ4v) is 1.58. The molecule has 0 aliphatic rings. The summed E-state index contributed by atoms with van der Waals surface area (Å²) < 4.78 is 1.74. The minimum atomic E-state index is 0.272. The molecular weight excluding hydrogens is 258 g/mol. The number of hydrogen-bond donors (Lipinski definition) is 1. The maximum atomic E-state index is 9.29. The first kappa shape index (κ1) is 10.2. The minimum Gasteiger partial charge on any atom is -0.508 e. The predicted molar refractivity (Wildman–Crippen MR) is 59.9 cm³/mol. The van der Waals surface area contributed by atoms with E-state index in [0.29, 0.717) is 11.9 Å². The van der Waals surface area contributed by atoms with Crippen LogP contribution in [0.4, 0.5) is 0 Å². The third-order valence-corrected chi connectivity index (χ3v) is 2.55. The van der Waals surface area contributed by atoms with Crippen molar-refractivity contribution in [2.45, 2.75) is 11.9 Å². The van der Waals surface area contributed by atoms with Gasteiger partial charge in [-0.25, -0.2) is 4.68 Å². The molecule has 0 amide bonds. The van der Waals surface area contributed by atoms with Crippen molar-refractivity contribution >= 4 is 15.9 Å². The molecule has 0 atom stereocenters. The number of hydrogen-bond acceptors (Lipinski definition) is 3. The summed E-state index contributed by atoms with van der Waals surface area (Å²) in [6.07, 6.45) is 1.87. The number of aromatic hydroxyl groups is 1. The molecule has 1 heterocycles. The lowest BCUT2D eigenvalue weighted by Crippen LogP contribution is -1.99. The van der Waals surface area contributed by atoms with Gasteiger partial charge in [-0.3, -0.25) is 0 Å². The molecule has 0 saturated carbocycles. The molecule has 1 aromatic carbocycles. The van der Waals surface area contributed by atoms with Gasteiger partial charge in [-0.2, -0.15) is 0 Å². The van der Waals surface area contributed by atoms with E-state index in [2.05, 4.69) is 26.2 Å². The number of nitrogens with zero attached hydrogens (tertiary/aromatic N) is 3. The van der Waals surface area contributed by atoms with Gasteiger partial charge in [0.1, 0.15) is 5.75 Å². The Morgan fingerprint density at radius 2 is 2.27 bits per heavy atom. The van der Waals surface area contributed by atoms with Crippen LogP contribution in [-0.4, -0.2) is 20.1 Å². The summed E-state index contributed by atoms with van der Waals surface area (Å²) >= 11 is 3.31. The van der Waals surface area contributed by atoms with Crippen molar-refractivity contribution in [2.24, 2.45) is 0 Å². The van der Waals surface area contributed by atoms with Crippen LogP contribution in [0.2, 0.25) is 0 Å². The largest absolute Gasteiger partial charge is 0.508 e. The van der Waals surface area contributed by atoms with E-state index in [1.807, 2.05) is 18.3 Å². The van der Waals surface area contributed by atoms with Crippen LogP contribution in [0.3, 0.4) is 0 Å². The maximum absolute atomic E-state index is 9.29. The van der Waals surface area contributed by atoms with Crippen LogP contribution >= 0.6 is 15.9 Å². The van der Waals surface area contributed by atoms with E-state index in [1.165, 1.54) is 0 Å². The topological polar surface area (TPSA) is 50.9 Å². The van der Waals surface area contributed by atoms with Gasteiger partial charge in [0.2, 0.25) is 0 Å². The SMILES string of the molecule is Oc1cccc(Cn2cc(CBr)nn2)c1. The molecule has 0 unspecified atom stereocenters.